The van der Waals surface area contributed by atoms with Crippen LogP contribution in [0, 0.1) is 0 Å². The van der Waals surface area contributed by atoms with Crippen LogP contribution in [0.15, 0.2) is 36.1 Å². The monoisotopic (exact) mass is 750 g/mol. The molecule has 0 bridgehead atoms. The lowest BCUT2D eigenvalue weighted by Gasteiger charge is -2.45. The Bertz CT molecular complexity index is 1730. The normalized spacial score (nSPS) is 34.8. The molecule has 0 spiro atoms. The van der Waals surface area contributed by atoms with Crippen molar-refractivity contribution in [3.8, 4) is 28.7 Å². The van der Waals surface area contributed by atoms with E-state index < -0.39 is 142 Å². The van der Waals surface area contributed by atoms with Crippen LogP contribution >= 0.6 is 0 Å². The van der Waals surface area contributed by atoms with Crippen LogP contribution in [0.5, 0.6) is 28.7 Å². The second-order valence-corrected chi connectivity index (χ2v) is 13.2. The summed E-state index contributed by atoms with van der Waals surface area (Å²) in [5.74, 6) is -4.97. The zero-order valence-electron chi connectivity index (χ0n) is 26.7. The van der Waals surface area contributed by atoms with Crippen LogP contribution in [0.1, 0.15) is 31.4 Å². The first-order chi connectivity index (χ1) is 23.8. The van der Waals surface area contributed by atoms with Crippen LogP contribution in [0.25, 0.3) is 5.76 Å². The molecule has 0 aliphatic carbocycles. The molecule has 2 aromatic carbocycles. The summed E-state index contributed by atoms with van der Waals surface area (Å²) in [7, 11) is -5.39. The number of phenols is 4. The van der Waals surface area contributed by atoms with Gasteiger partial charge < -0.3 is 79.9 Å². The molecule has 51 heavy (non-hydrogen) atoms. The summed E-state index contributed by atoms with van der Waals surface area (Å²) in [4.78, 5) is 0. The van der Waals surface area contributed by atoms with Crippen molar-refractivity contribution in [1.82, 2.24) is 0 Å². The van der Waals surface area contributed by atoms with Crippen LogP contribution in [-0.2, 0) is 39.1 Å². The first kappa shape index (κ1) is 38.7. The SMILES string of the molecule is CCC(OS(=O)(=O)O)C1(O)C(O[C@@H]2O[C@H](CO[C@@H]3O[C@@H](C)[C@H](O)[C@@H](O)[C@H]3O)[C@@H](O)[C@H](O)[C@H]2O)=C(c2ccc(O)c(O)c2)Oc2cc(O)cc(O)c21. The molecule has 3 aliphatic rings. The topological polar surface area (TPSA) is 332 Å². The maximum absolute atomic E-state index is 12.5. The number of ether oxygens (including phenoxy) is 5. The minimum atomic E-state index is -5.39. The summed E-state index contributed by atoms with van der Waals surface area (Å²) < 4.78 is 66.8. The number of rotatable bonds is 10. The van der Waals surface area contributed by atoms with Crippen molar-refractivity contribution in [2.75, 3.05) is 6.61 Å². The molecular formula is C30H38O20S. The second kappa shape index (κ2) is 14.5. The average Bonchev–Trinajstić information content (AvgIpc) is 3.05. The van der Waals surface area contributed by atoms with E-state index in [0.29, 0.717) is 0 Å². The Hall–Kier alpha value is -3.55. The van der Waals surface area contributed by atoms with Gasteiger partial charge in [0.2, 0.25) is 6.29 Å². The standard InChI is InChI=1S/C30H38O20S/c1-3-18(50-51(42,43)44)30(41)19-15(34)7-12(31)8-16(19)47-26(11-4-5-13(32)14(33)6-11)27(30)49-29-25(40)23(38)21(36)17(48-29)9-45-28-24(39)22(37)20(35)10(2)46-28/h4-8,10,17-18,20-25,28-29,31-41H,3,9H2,1-2H3,(H,42,43,44)/t10-,17+,18?,20-,21+,22+,23-,24+,25+,28+,29-,30?/m0/s1. The highest BCUT2D eigenvalue weighted by Crippen LogP contribution is 2.54. The van der Waals surface area contributed by atoms with Gasteiger partial charge >= 0.3 is 10.4 Å². The Morgan fingerprint density at radius 1 is 0.824 bits per heavy atom. The molecule has 3 aliphatic heterocycles. The fraction of sp³-hybridized carbons (Fsp3) is 0.533. The summed E-state index contributed by atoms with van der Waals surface area (Å²) >= 11 is 0. The maximum atomic E-state index is 12.5. The number of phenolic OH excluding ortho intramolecular Hbond substituents is 4. The summed E-state index contributed by atoms with van der Waals surface area (Å²) in [6, 6.07) is 4.65. The number of aromatic hydroxyl groups is 4. The molecule has 284 valence electrons. The van der Waals surface area contributed by atoms with Gasteiger partial charge in [0, 0.05) is 17.7 Å². The van der Waals surface area contributed by atoms with Crippen molar-refractivity contribution in [3.05, 3.63) is 47.2 Å². The summed E-state index contributed by atoms with van der Waals surface area (Å²) in [5.41, 5.74) is -3.98. The van der Waals surface area contributed by atoms with Crippen molar-refractivity contribution in [1.29, 1.82) is 0 Å². The van der Waals surface area contributed by atoms with Gasteiger partial charge in [0.05, 0.1) is 18.3 Å². The zero-order chi connectivity index (χ0) is 37.7. The molecule has 0 amide bonds. The van der Waals surface area contributed by atoms with Crippen molar-refractivity contribution in [3.63, 3.8) is 0 Å². The van der Waals surface area contributed by atoms with Gasteiger partial charge in [-0.1, -0.05) is 6.92 Å². The highest BCUT2D eigenvalue weighted by molar-refractivity contribution is 7.80. The lowest BCUT2D eigenvalue weighted by atomic mass is 9.80. The van der Waals surface area contributed by atoms with E-state index in [9.17, 15) is 69.1 Å². The van der Waals surface area contributed by atoms with Gasteiger partial charge in [0.15, 0.2) is 34.9 Å². The molecule has 12 N–H and O–H groups in total. The number of aliphatic hydroxyl groups is 7. The van der Waals surface area contributed by atoms with E-state index in [0.717, 1.165) is 30.3 Å². The Morgan fingerprint density at radius 2 is 1.47 bits per heavy atom. The third kappa shape index (κ3) is 7.39. The second-order valence-electron chi connectivity index (χ2n) is 12.1. The van der Waals surface area contributed by atoms with Gasteiger partial charge in [0.25, 0.3) is 0 Å². The molecule has 2 unspecified atom stereocenters. The van der Waals surface area contributed by atoms with Crippen LogP contribution < -0.4 is 4.74 Å². The Labute approximate surface area is 289 Å². The van der Waals surface area contributed by atoms with Crippen molar-refractivity contribution < 1.29 is 97.0 Å². The largest absolute Gasteiger partial charge is 0.508 e. The molecule has 21 heteroatoms. The molecule has 0 aromatic heterocycles. The molecule has 2 aromatic rings. The van der Waals surface area contributed by atoms with Gasteiger partial charge in [-0.15, -0.1) is 0 Å². The molecule has 5 rings (SSSR count). The van der Waals surface area contributed by atoms with Crippen LogP contribution in [0.4, 0.5) is 0 Å². The number of fused-ring (bicyclic) bond motifs is 1. The van der Waals surface area contributed by atoms with Gasteiger partial charge in [-0.25, -0.2) is 4.18 Å². The van der Waals surface area contributed by atoms with Crippen LogP contribution in [-0.4, -0.2) is 143 Å². The van der Waals surface area contributed by atoms with E-state index in [1.807, 2.05) is 0 Å². The predicted octanol–water partition coefficient (Wildman–Crippen LogP) is -2.28. The van der Waals surface area contributed by atoms with Crippen molar-refractivity contribution in [2.45, 2.75) is 93.4 Å². The molecule has 2 fully saturated rings. The van der Waals surface area contributed by atoms with Gasteiger partial charge in [-0.2, -0.15) is 8.42 Å². The summed E-state index contributed by atoms with van der Waals surface area (Å²) in [6.07, 6.45) is -20.1. The van der Waals surface area contributed by atoms with E-state index >= 15 is 0 Å². The molecule has 0 radical (unpaired) electrons. The summed E-state index contributed by atoms with van der Waals surface area (Å²) in [6.45, 7) is 1.94. The van der Waals surface area contributed by atoms with Gasteiger partial charge in [-0.05, 0) is 31.5 Å². The molecule has 0 saturated carbocycles. The third-order valence-electron chi connectivity index (χ3n) is 8.66. The van der Waals surface area contributed by atoms with Gasteiger partial charge in [0.1, 0.15) is 66.1 Å². The number of hydrogen-bond donors (Lipinski definition) is 12. The number of benzene rings is 2. The van der Waals surface area contributed by atoms with E-state index in [1.54, 1.807) is 0 Å². The maximum Gasteiger partial charge on any atom is 0.397 e. The molecule has 20 nitrogen and oxygen atoms in total. The van der Waals surface area contributed by atoms with Crippen LogP contribution in [0.3, 0.4) is 0 Å². The lowest BCUT2D eigenvalue weighted by Crippen LogP contribution is -2.61. The Balaban J connectivity index is 1.61. The fourth-order valence-corrected chi connectivity index (χ4v) is 6.56. The predicted molar refractivity (Wildman–Crippen MR) is 164 cm³/mol. The van der Waals surface area contributed by atoms with Crippen LogP contribution in [0.2, 0.25) is 0 Å². The minimum absolute atomic E-state index is 0.224. The zero-order valence-corrected chi connectivity index (χ0v) is 27.5. The smallest absolute Gasteiger partial charge is 0.397 e. The molecule has 12 atom stereocenters. The average molecular weight is 751 g/mol. The number of hydrogen-bond acceptors (Lipinski definition) is 19. The third-order valence-corrected chi connectivity index (χ3v) is 9.13. The van der Waals surface area contributed by atoms with Crippen molar-refractivity contribution in [2.24, 2.45) is 0 Å². The summed E-state index contributed by atoms with van der Waals surface area (Å²) in [5, 5.41) is 117. The quantitative estimate of drug-likeness (QED) is 0.0899. The minimum Gasteiger partial charge on any atom is -0.508 e. The first-order valence-corrected chi connectivity index (χ1v) is 16.7. The van der Waals surface area contributed by atoms with E-state index in [1.165, 1.54) is 13.8 Å². The Morgan fingerprint density at radius 3 is 2.10 bits per heavy atom. The first-order valence-electron chi connectivity index (χ1n) is 15.3. The fourth-order valence-electron chi connectivity index (χ4n) is 5.99. The molecular weight excluding hydrogens is 712 g/mol. The molecule has 3 heterocycles. The Kier molecular flexibility index (Phi) is 11.0. The number of aliphatic hydroxyl groups excluding tert-OH is 6. The van der Waals surface area contributed by atoms with E-state index in [4.69, 9.17) is 27.9 Å². The van der Waals surface area contributed by atoms with Crippen molar-refractivity contribution >= 4 is 16.2 Å². The highest BCUT2D eigenvalue weighted by Gasteiger charge is 2.56. The van der Waals surface area contributed by atoms with Gasteiger partial charge in [-0.3, -0.25) is 4.55 Å². The molecule has 2 saturated heterocycles. The van der Waals surface area contributed by atoms with E-state index in [2.05, 4.69) is 0 Å². The lowest BCUT2D eigenvalue weighted by molar-refractivity contribution is -0.326. The van der Waals surface area contributed by atoms with E-state index in [-0.39, 0.29) is 5.56 Å². The highest BCUT2D eigenvalue weighted by atomic mass is 32.3.